The van der Waals surface area contributed by atoms with Crippen LogP contribution in [-0.2, 0) is 9.53 Å². The first-order chi connectivity index (χ1) is 10.0. The predicted molar refractivity (Wildman–Crippen MR) is 77.8 cm³/mol. The van der Waals surface area contributed by atoms with Gasteiger partial charge in [0.15, 0.2) is 0 Å². The third kappa shape index (κ3) is 6.23. The van der Waals surface area contributed by atoms with Crippen molar-refractivity contribution in [2.24, 2.45) is 0 Å². The van der Waals surface area contributed by atoms with Gasteiger partial charge in [-0.1, -0.05) is 0 Å². The zero-order valence-corrected chi connectivity index (χ0v) is 12.3. The molecule has 0 fully saturated rings. The highest BCUT2D eigenvalue weighted by atomic mass is 32.1. The first-order valence-electron chi connectivity index (χ1n) is 6.16. The number of aromatic carboxylic acids is 1. The lowest BCUT2D eigenvalue weighted by Crippen LogP contribution is -2.34. The number of carbonyl (C=O) groups is 3. The molecule has 0 bridgehead atoms. The van der Waals surface area contributed by atoms with Crippen LogP contribution in [0.25, 0.3) is 0 Å². The van der Waals surface area contributed by atoms with Crippen molar-refractivity contribution in [1.82, 2.24) is 10.6 Å². The Morgan fingerprint density at radius 1 is 1.29 bits per heavy atom. The average molecular weight is 315 g/mol. The molecule has 0 saturated carbocycles. The maximum absolute atomic E-state index is 11.6. The van der Waals surface area contributed by atoms with Crippen LogP contribution >= 0.6 is 11.3 Å². The Balaban J connectivity index is 2.27. The Morgan fingerprint density at radius 3 is 2.71 bits per heavy atom. The van der Waals surface area contributed by atoms with Gasteiger partial charge in [0.2, 0.25) is 5.91 Å². The molecule has 0 radical (unpaired) electrons. The van der Waals surface area contributed by atoms with Gasteiger partial charge in [0.05, 0.1) is 12.2 Å². The highest BCUT2D eigenvalue weighted by Gasteiger charge is 2.13. The van der Waals surface area contributed by atoms with Crippen molar-refractivity contribution >= 4 is 34.2 Å². The maximum atomic E-state index is 11.6. The number of methoxy groups -OCH3 is 1. The molecule has 116 valence electrons. The molecule has 3 amide bonds. The number of carboxylic acid groups (broad SMARTS) is 1. The first-order valence-corrected chi connectivity index (χ1v) is 7.04. The number of carboxylic acids is 1. The molecule has 1 heterocycles. The second-order valence-corrected chi connectivity index (χ2v) is 4.86. The van der Waals surface area contributed by atoms with Crippen LogP contribution in [0.4, 0.5) is 9.80 Å². The minimum atomic E-state index is -1.11. The minimum Gasteiger partial charge on any atom is -0.478 e. The van der Waals surface area contributed by atoms with E-state index in [4.69, 9.17) is 9.84 Å². The number of amides is 3. The topological polar surface area (TPSA) is 117 Å². The van der Waals surface area contributed by atoms with E-state index in [1.54, 1.807) is 5.38 Å². The van der Waals surface area contributed by atoms with E-state index in [0.29, 0.717) is 13.2 Å². The molecule has 0 aliphatic rings. The molecule has 0 unspecified atom stereocenters. The summed E-state index contributed by atoms with van der Waals surface area (Å²) in [4.78, 5) is 33.8. The van der Waals surface area contributed by atoms with E-state index < -0.39 is 12.0 Å². The summed E-state index contributed by atoms with van der Waals surface area (Å²) in [6.45, 7) is 0.993. The first kappa shape index (κ1) is 16.9. The fourth-order valence-electron chi connectivity index (χ4n) is 1.39. The Bertz CT molecular complexity index is 503. The Hall–Kier alpha value is -2.13. The van der Waals surface area contributed by atoms with Gasteiger partial charge in [-0.2, -0.15) is 0 Å². The largest absolute Gasteiger partial charge is 0.478 e. The van der Waals surface area contributed by atoms with Crippen LogP contribution in [0.2, 0.25) is 0 Å². The number of anilines is 1. The Labute approximate surface area is 125 Å². The molecule has 0 spiro atoms. The fourth-order valence-corrected chi connectivity index (χ4v) is 2.17. The van der Waals surface area contributed by atoms with Gasteiger partial charge in [0.1, 0.15) is 5.00 Å². The van der Waals surface area contributed by atoms with Crippen LogP contribution in [0.3, 0.4) is 0 Å². The summed E-state index contributed by atoms with van der Waals surface area (Å²) < 4.78 is 4.78. The van der Waals surface area contributed by atoms with Crippen LogP contribution in [0.15, 0.2) is 11.4 Å². The van der Waals surface area contributed by atoms with Gasteiger partial charge in [-0.25, -0.2) is 9.59 Å². The Morgan fingerprint density at radius 2 is 2.05 bits per heavy atom. The van der Waals surface area contributed by atoms with Crippen molar-refractivity contribution in [3.05, 3.63) is 17.0 Å². The maximum Gasteiger partial charge on any atom is 0.338 e. The summed E-state index contributed by atoms with van der Waals surface area (Å²) in [6.07, 6.45) is 0.132. The smallest absolute Gasteiger partial charge is 0.338 e. The van der Waals surface area contributed by atoms with Crippen molar-refractivity contribution in [2.45, 2.75) is 6.42 Å². The third-order valence-corrected chi connectivity index (χ3v) is 3.22. The van der Waals surface area contributed by atoms with Crippen molar-refractivity contribution in [1.29, 1.82) is 0 Å². The molecule has 9 heteroatoms. The van der Waals surface area contributed by atoms with Crippen LogP contribution in [0.1, 0.15) is 16.8 Å². The van der Waals surface area contributed by atoms with Gasteiger partial charge in [-0.15, -0.1) is 11.3 Å². The summed E-state index contributed by atoms with van der Waals surface area (Å²) in [6, 6.07) is 0.857. The monoisotopic (exact) mass is 315 g/mol. The molecular weight excluding hydrogens is 298 g/mol. The summed E-state index contributed by atoms with van der Waals surface area (Å²) in [5, 5.41) is 18.2. The van der Waals surface area contributed by atoms with E-state index in [1.807, 2.05) is 0 Å². The molecule has 0 saturated heterocycles. The van der Waals surface area contributed by atoms with Crippen LogP contribution < -0.4 is 16.0 Å². The number of hydrogen-bond donors (Lipinski definition) is 4. The molecule has 0 atom stereocenters. The lowest BCUT2D eigenvalue weighted by molar-refractivity contribution is -0.121. The molecule has 4 N–H and O–H groups in total. The second kappa shape index (κ2) is 8.93. The van der Waals surface area contributed by atoms with E-state index in [0.717, 1.165) is 11.3 Å². The van der Waals surface area contributed by atoms with E-state index >= 15 is 0 Å². The quantitative estimate of drug-likeness (QED) is 0.527. The van der Waals surface area contributed by atoms with Crippen molar-refractivity contribution in [3.8, 4) is 0 Å². The van der Waals surface area contributed by atoms with Crippen molar-refractivity contribution in [2.75, 3.05) is 32.1 Å². The number of hydrogen-bond acceptors (Lipinski definition) is 5. The molecule has 1 rings (SSSR count). The summed E-state index contributed by atoms with van der Waals surface area (Å²) >= 11 is 1.11. The summed E-state index contributed by atoms with van der Waals surface area (Å²) in [7, 11) is 1.54. The van der Waals surface area contributed by atoms with Crippen LogP contribution in [-0.4, -0.2) is 49.8 Å². The second-order valence-electron chi connectivity index (χ2n) is 3.94. The zero-order chi connectivity index (χ0) is 15.7. The number of ether oxygens (including phenoxy) is 1. The van der Waals surface area contributed by atoms with Crippen molar-refractivity contribution in [3.63, 3.8) is 0 Å². The molecule has 1 aromatic heterocycles. The van der Waals surface area contributed by atoms with Crippen molar-refractivity contribution < 1.29 is 24.2 Å². The lowest BCUT2D eigenvalue weighted by Gasteiger charge is -2.07. The third-order valence-electron chi connectivity index (χ3n) is 2.39. The highest BCUT2D eigenvalue weighted by molar-refractivity contribution is 7.14. The molecule has 0 aliphatic carbocycles. The van der Waals surface area contributed by atoms with E-state index in [9.17, 15) is 14.4 Å². The van der Waals surface area contributed by atoms with E-state index in [1.165, 1.54) is 13.2 Å². The van der Waals surface area contributed by atoms with Gasteiger partial charge in [0.25, 0.3) is 0 Å². The molecule has 8 nitrogen and oxygen atoms in total. The van der Waals surface area contributed by atoms with Gasteiger partial charge in [-0.05, 0) is 11.4 Å². The summed E-state index contributed by atoms with van der Waals surface area (Å²) in [5.41, 5.74) is 0.0347. The zero-order valence-electron chi connectivity index (χ0n) is 11.5. The molecular formula is C12H17N3O5S. The van der Waals surface area contributed by atoms with Crippen LogP contribution in [0, 0.1) is 0 Å². The van der Waals surface area contributed by atoms with E-state index in [2.05, 4.69) is 16.0 Å². The molecule has 1 aromatic rings. The van der Waals surface area contributed by atoms with Gasteiger partial charge < -0.3 is 20.5 Å². The molecule has 0 aromatic carbocycles. The number of nitrogens with one attached hydrogen (secondary N) is 3. The van der Waals surface area contributed by atoms with Gasteiger partial charge in [-0.3, -0.25) is 10.1 Å². The SMILES string of the molecule is COCCNC(=O)CCNC(=O)Nc1sccc1C(=O)O. The van der Waals surface area contributed by atoms with Crippen LogP contribution in [0.5, 0.6) is 0 Å². The van der Waals surface area contributed by atoms with Gasteiger partial charge >= 0.3 is 12.0 Å². The highest BCUT2D eigenvalue weighted by Crippen LogP contribution is 2.22. The predicted octanol–water partition coefficient (Wildman–Crippen LogP) is 0.720. The van der Waals surface area contributed by atoms with Gasteiger partial charge in [0, 0.05) is 26.6 Å². The average Bonchev–Trinajstić information content (AvgIpc) is 2.87. The number of thiophene rings is 1. The minimum absolute atomic E-state index is 0.0347. The lowest BCUT2D eigenvalue weighted by atomic mass is 10.3. The van der Waals surface area contributed by atoms with E-state index in [-0.39, 0.29) is 29.4 Å². The summed E-state index contributed by atoms with van der Waals surface area (Å²) in [5.74, 6) is -1.31. The Kier molecular flexibility index (Phi) is 7.19. The number of carbonyl (C=O) groups excluding carboxylic acids is 2. The molecule has 0 aliphatic heterocycles. The number of urea groups is 1. The number of rotatable bonds is 8. The fraction of sp³-hybridized carbons (Fsp3) is 0.417. The molecule has 21 heavy (non-hydrogen) atoms. The normalized spacial score (nSPS) is 9.95. The standard InChI is InChI=1S/C12H17N3O5S/c1-20-6-5-13-9(16)2-4-14-12(19)15-10-8(11(17)18)3-7-21-10/h3,7H,2,4-6H2,1H3,(H,13,16)(H,17,18)(H2,14,15,19).